The van der Waals surface area contributed by atoms with Gasteiger partial charge in [0.05, 0.1) is 19.8 Å². The normalized spacial score (nSPS) is 10.7. The predicted molar refractivity (Wildman–Crippen MR) is 72.0 cm³/mol. The molecule has 0 aromatic heterocycles. The summed E-state index contributed by atoms with van der Waals surface area (Å²) in [5.41, 5.74) is 0.872. The Hall–Kier alpha value is -1.17. The van der Waals surface area contributed by atoms with Gasteiger partial charge in [-0.2, -0.15) is 0 Å². The zero-order valence-electron chi connectivity index (χ0n) is 11.6. The van der Waals surface area contributed by atoms with Gasteiger partial charge in [0.2, 0.25) is 0 Å². The van der Waals surface area contributed by atoms with E-state index in [0.29, 0.717) is 38.7 Å². The van der Waals surface area contributed by atoms with E-state index in [4.69, 9.17) is 14.2 Å². The fourth-order valence-electron chi connectivity index (χ4n) is 1.54. The molecule has 0 aliphatic carbocycles. The first-order valence-corrected chi connectivity index (χ1v) is 6.46. The van der Waals surface area contributed by atoms with Gasteiger partial charge in [-0.1, -0.05) is 6.92 Å². The lowest BCUT2D eigenvalue weighted by atomic mass is 10.2. The summed E-state index contributed by atoms with van der Waals surface area (Å²) in [6, 6.07) is 4.72. The summed E-state index contributed by atoms with van der Waals surface area (Å²) in [7, 11) is 1.62. The number of benzene rings is 1. The lowest BCUT2D eigenvalue weighted by Gasteiger charge is -2.09. The van der Waals surface area contributed by atoms with E-state index in [1.807, 2.05) is 13.0 Å². The molecule has 0 amide bonds. The first kappa shape index (κ1) is 15.9. The standard InChI is InChI=1S/C14H22FNO3/c1-3-16-11-12-8-13(15)10-14(9-12)19-7-6-18-5-4-17-2/h8-10,16H,3-7,11H2,1-2H3. The Labute approximate surface area is 113 Å². The molecule has 1 aromatic carbocycles. The molecule has 4 nitrogen and oxygen atoms in total. The number of nitrogens with one attached hydrogen (secondary N) is 1. The van der Waals surface area contributed by atoms with Crippen molar-refractivity contribution >= 4 is 0 Å². The Morgan fingerprint density at radius 3 is 2.63 bits per heavy atom. The molecule has 19 heavy (non-hydrogen) atoms. The highest BCUT2D eigenvalue weighted by molar-refractivity contribution is 5.29. The fourth-order valence-corrected chi connectivity index (χ4v) is 1.54. The van der Waals surface area contributed by atoms with Crippen molar-refractivity contribution < 1.29 is 18.6 Å². The third-order valence-electron chi connectivity index (χ3n) is 2.44. The first-order chi connectivity index (χ1) is 9.26. The molecule has 0 spiro atoms. The molecule has 5 heteroatoms. The fraction of sp³-hybridized carbons (Fsp3) is 0.571. The van der Waals surface area contributed by atoms with E-state index >= 15 is 0 Å². The van der Waals surface area contributed by atoms with Crippen LogP contribution in [0.4, 0.5) is 4.39 Å². The van der Waals surface area contributed by atoms with Crippen LogP contribution in [0.5, 0.6) is 5.75 Å². The molecule has 1 aromatic rings. The van der Waals surface area contributed by atoms with Gasteiger partial charge >= 0.3 is 0 Å². The maximum Gasteiger partial charge on any atom is 0.127 e. The van der Waals surface area contributed by atoms with Crippen LogP contribution in [0.2, 0.25) is 0 Å². The van der Waals surface area contributed by atoms with Crippen molar-refractivity contribution in [3.8, 4) is 5.75 Å². The topological polar surface area (TPSA) is 39.7 Å². The number of methoxy groups -OCH3 is 1. The molecular weight excluding hydrogens is 249 g/mol. The molecule has 0 heterocycles. The average molecular weight is 271 g/mol. The summed E-state index contributed by atoms with van der Waals surface area (Å²) in [5, 5.41) is 3.15. The van der Waals surface area contributed by atoms with Crippen molar-refractivity contribution in [2.45, 2.75) is 13.5 Å². The Morgan fingerprint density at radius 1 is 1.11 bits per heavy atom. The third kappa shape index (κ3) is 7.10. The molecule has 0 fully saturated rings. The van der Waals surface area contributed by atoms with Crippen LogP contribution in [-0.2, 0) is 16.0 Å². The smallest absolute Gasteiger partial charge is 0.127 e. The maximum absolute atomic E-state index is 13.4. The second-order valence-corrected chi connectivity index (χ2v) is 4.03. The van der Waals surface area contributed by atoms with Gasteiger partial charge in [-0.15, -0.1) is 0 Å². The zero-order chi connectivity index (χ0) is 13.9. The van der Waals surface area contributed by atoms with Crippen molar-refractivity contribution in [3.63, 3.8) is 0 Å². The molecule has 0 unspecified atom stereocenters. The molecule has 0 radical (unpaired) electrons. The summed E-state index contributed by atoms with van der Waals surface area (Å²) in [6.45, 7) is 5.45. The molecule has 0 aliphatic heterocycles. The summed E-state index contributed by atoms with van der Waals surface area (Å²) in [6.07, 6.45) is 0. The van der Waals surface area contributed by atoms with Crippen LogP contribution in [0, 0.1) is 5.82 Å². The lowest BCUT2D eigenvalue weighted by Crippen LogP contribution is -2.13. The predicted octanol–water partition coefficient (Wildman–Crippen LogP) is 1.98. The van der Waals surface area contributed by atoms with Crippen molar-refractivity contribution in [1.82, 2.24) is 5.32 Å². The van der Waals surface area contributed by atoms with Crippen LogP contribution in [0.25, 0.3) is 0 Å². The maximum atomic E-state index is 13.4. The Kier molecular flexibility index (Phi) is 8.13. The highest BCUT2D eigenvalue weighted by Gasteiger charge is 2.02. The summed E-state index contributed by atoms with van der Waals surface area (Å²) >= 11 is 0. The minimum atomic E-state index is -0.286. The molecule has 0 saturated carbocycles. The van der Waals surface area contributed by atoms with E-state index in [2.05, 4.69) is 5.32 Å². The van der Waals surface area contributed by atoms with E-state index in [9.17, 15) is 4.39 Å². The molecule has 1 rings (SSSR count). The Balaban J connectivity index is 2.34. The van der Waals surface area contributed by atoms with Gasteiger partial charge < -0.3 is 19.5 Å². The molecule has 0 aliphatic rings. The SMILES string of the molecule is CCNCc1cc(F)cc(OCCOCCOC)c1. The van der Waals surface area contributed by atoms with E-state index in [0.717, 1.165) is 12.1 Å². The van der Waals surface area contributed by atoms with Crippen LogP contribution in [0.1, 0.15) is 12.5 Å². The first-order valence-electron chi connectivity index (χ1n) is 6.46. The van der Waals surface area contributed by atoms with E-state index < -0.39 is 0 Å². The van der Waals surface area contributed by atoms with Crippen LogP contribution in [0.15, 0.2) is 18.2 Å². The number of halogens is 1. The number of hydrogen-bond acceptors (Lipinski definition) is 4. The summed E-state index contributed by atoms with van der Waals surface area (Å²) < 4.78 is 28.9. The van der Waals surface area contributed by atoms with Crippen LogP contribution < -0.4 is 10.1 Å². The van der Waals surface area contributed by atoms with Gasteiger partial charge in [-0.3, -0.25) is 0 Å². The van der Waals surface area contributed by atoms with Crippen molar-refractivity contribution in [1.29, 1.82) is 0 Å². The van der Waals surface area contributed by atoms with Gasteiger partial charge in [0.15, 0.2) is 0 Å². The molecule has 0 bridgehead atoms. The lowest BCUT2D eigenvalue weighted by molar-refractivity contribution is 0.0543. The summed E-state index contributed by atoms with van der Waals surface area (Å²) in [4.78, 5) is 0. The average Bonchev–Trinajstić information content (AvgIpc) is 2.40. The summed E-state index contributed by atoms with van der Waals surface area (Å²) in [5.74, 6) is 0.244. The van der Waals surface area contributed by atoms with Gasteiger partial charge in [0.1, 0.15) is 18.2 Å². The second kappa shape index (κ2) is 9.72. The van der Waals surface area contributed by atoms with Crippen molar-refractivity contribution in [2.75, 3.05) is 40.1 Å². The second-order valence-electron chi connectivity index (χ2n) is 4.03. The number of rotatable bonds is 10. The van der Waals surface area contributed by atoms with Crippen LogP contribution >= 0.6 is 0 Å². The van der Waals surface area contributed by atoms with Gasteiger partial charge in [-0.05, 0) is 24.2 Å². The van der Waals surface area contributed by atoms with Crippen LogP contribution in [0.3, 0.4) is 0 Å². The molecule has 0 atom stereocenters. The molecule has 108 valence electrons. The van der Waals surface area contributed by atoms with E-state index in [1.165, 1.54) is 12.1 Å². The molecule has 1 N–H and O–H groups in total. The molecule has 0 saturated heterocycles. The minimum Gasteiger partial charge on any atom is -0.491 e. The number of ether oxygens (including phenoxy) is 3. The van der Waals surface area contributed by atoms with E-state index in [1.54, 1.807) is 7.11 Å². The third-order valence-corrected chi connectivity index (χ3v) is 2.44. The highest BCUT2D eigenvalue weighted by atomic mass is 19.1. The van der Waals surface area contributed by atoms with Crippen LogP contribution in [-0.4, -0.2) is 40.1 Å². The zero-order valence-corrected chi connectivity index (χ0v) is 11.6. The largest absolute Gasteiger partial charge is 0.491 e. The molecular formula is C14H22FNO3. The van der Waals surface area contributed by atoms with Gasteiger partial charge in [-0.25, -0.2) is 4.39 Å². The van der Waals surface area contributed by atoms with Gasteiger partial charge in [0.25, 0.3) is 0 Å². The van der Waals surface area contributed by atoms with E-state index in [-0.39, 0.29) is 5.82 Å². The Morgan fingerprint density at radius 2 is 1.89 bits per heavy atom. The highest BCUT2D eigenvalue weighted by Crippen LogP contribution is 2.16. The van der Waals surface area contributed by atoms with Gasteiger partial charge in [0, 0.05) is 19.7 Å². The van der Waals surface area contributed by atoms with Crippen molar-refractivity contribution in [3.05, 3.63) is 29.6 Å². The Bertz CT molecular complexity index is 361. The quantitative estimate of drug-likeness (QED) is 0.661. The number of hydrogen-bond donors (Lipinski definition) is 1. The monoisotopic (exact) mass is 271 g/mol. The minimum absolute atomic E-state index is 0.286. The van der Waals surface area contributed by atoms with Crippen molar-refractivity contribution in [2.24, 2.45) is 0 Å².